The van der Waals surface area contributed by atoms with Crippen LogP contribution >= 0.6 is 46.4 Å². The molecule has 0 saturated carbocycles. The van der Waals surface area contributed by atoms with Crippen molar-refractivity contribution in [2.75, 3.05) is 0 Å². The van der Waals surface area contributed by atoms with Crippen molar-refractivity contribution in [3.63, 3.8) is 0 Å². The van der Waals surface area contributed by atoms with E-state index in [1.54, 1.807) is 18.2 Å². The molecule has 0 saturated heterocycles. The van der Waals surface area contributed by atoms with Gasteiger partial charge in [-0.2, -0.15) is 0 Å². The molecule has 0 fully saturated rings. The lowest BCUT2D eigenvalue weighted by atomic mass is 10.0. The number of hydrogen-bond acceptors (Lipinski definition) is 0. The zero-order chi connectivity index (χ0) is 13.3. The van der Waals surface area contributed by atoms with Crippen LogP contribution in [0.4, 0.5) is 4.39 Å². The number of benzene rings is 2. The number of alkyl halides is 1. The third-order valence-corrected chi connectivity index (χ3v) is 3.93. The van der Waals surface area contributed by atoms with Crippen molar-refractivity contribution in [2.45, 2.75) is 5.88 Å². The summed E-state index contributed by atoms with van der Waals surface area (Å²) >= 11 is 24.1. The summed E-state index contributed by atoms with van der Waals surface area (Å²) in [6, 6.07) is 7.54. The van der Waals surface area contributed by atoms with Crippen LogP contribution in [0.3, 0.4) is 0 Å². The SMILES string of the molecule is Fc1ccc(-c2c(Cl)ccc(Cl)c2Cl)c(CCl)c1. The van der Waals surface area contributed by atoms with Crippen LogP contribution in [0.1, 0.15) is 5.56 Å². The van der Waals surface area contributed by atoms with E-state index in [9.17, 15) is 4.39 Å². The Morgan fingerprint density at radius 1 is 0.944 bits per heavy atom. The third kappa shape index (κ3) is 2.60. The topological polar surface area (TPSA) is 0 Å². The van der Waals surface area contributed by atoms with E-state index in [0.717, 1.165) is 0 Å². The minimum Gasteiger partial charge on any atom is -0.207 e. The minimum absolute atomic E-state index is 0.159. The van der Waals surface area contributed by atoms with E-state index in [1.165, 1.54) is 12.1 Å². The molecule has 0 spiro atoms. The predicted octanol–water partition coefficient (Wildman–Crippen LogP) is 6.19. The quantitative estimate of drug-likeness (QED) is 0.456. The molecule has 18 heavy (non-hydrogen) atoms. The molecule has 5 heteroatoms. The Hall–Kier alpha value is -0.470. The van der Waals surface area contributed by atoms with E-state index in [1.807, 2.05) is 0 Å². The van der Waals surface area contributed by atoms with Crippen LogP contribution in [0.25, 0.3) is 11.1 Å². The van der Waals surface area contributed by atoms with E-state index in [2.05, 4.69) is 0 Å². The Morgan fingerprint density at radius 2 is 1.61 bits per heavy atom. The predicted molar refractivity (Wildman–Crippen MR) is 76.4 cm³/mol. The van der Waals surface area contributed by atoms with Gasteiger partial charge in [-0.25, -0.2) is 4.39 Å². The maximum Gasteiger partial charge on any atom is 0.123 e. The molecule has 0 amide bonds. The fraction of sp³-hybridized carbons (Fsp3) is 0.0769. The van der Waals surface area contributed by atoms with Gasteiger partial charge in [-0.1, -0.05) is 40.9 Å². The van der Waals surface area contributed by atoms with Gasteiger partial charge in [0, 0.05) is 11.4 Å². The van der Waals surface area contributed by atoms with Crippen LogP contribution in [0.5, 0.6) is 0 Å². The minimum atomic E-state index is -0.358. The summed E-state index contributed by atoms with van der Waals surface area (Å²) in [7, 11) is 0. The van der Waals surface area contributed by atoms with Gasteiger partial charge in [-0.15, -0.1) is 11.6 Å². The Kier molecular flexibility index (Phi) is 4.39. The van der Waals surface area contributed by atoms with Crippen LogP contribution in [-0.4, -0.2) is 0 Å². The summed E-state index contributed by atoms with van der Waals surface area (Å²) in [5.74, 6) is -0.199. The molecule has 2 rings (SSSR count). The first-order valence-electron chi connectivity index (χ1n) is 5.03. The first-order chi connectivity index (χ1) is 8.54. The molecule has 94 valence electrons. The normalized spacial score (nSPS) is 10.7. The zero-order valence-electron chi connectivity index (χ0n) is 8.98. The van der Waals surface area contributed by atoms with Gasteiger partial charge in [0.05, 0.1) is 15.1 Å². The molecule has 0 aromatic heterocycles. The van der Waals surface area contributed by atoms with Gasteiger partial charge in [0.15, 0.2) is 0 Å². The second-order valence-corrected chi connectivity index (χ2v) is 5.11. The molecule has 0 N–H and O–H groups in total. The van der Waals surface area contributed by atoms with Gasteiger partial charge in [0.1, 0.15) is 5.82 Å². The van der Waals surface area contributed by atoms with E-state index >= 15 is 0 Å². The van der Waals surface area contributed by atoms with E-state index < -0.39 is 0 Å². The first-order valence-corrected chi connectivity index (χ1v) is 6.69. The Morgan fingerprint density at radius 3 is 2.28 bits per heavy atom. The lowest BCUT2D eigenvalue weighted by Gasteiger charge is -2.12. The molecular formula is C13H7Cl4F. The average Bonchev–Trinajstić information content (AvgIpc) is 2.36. The summed E-state index contributed by atoms with van der Waals surface area (Å²) in [5, 5.41) is 1.17. The molecule has 0 atom stereocenters. The number of rotatable bonds is 2. The molecule has 2 aromatic carbocycles. The lowest BCUT2D eigenvalue weighted by Crippen LogP contribution is -1.91. The van der Waals surface area contributed by atoms with Gasteiger partial charge < -0.3 is 0 Å². The second-order valence-electron chi connectivity index (χ2n) is 3.65. The van der Waals surface area contributed by atoms with Crippen molar-refractivity contribution in [1.82, 2.24) is 0 Å². The number of halogens is 5. The Labute approximate surface area is 124 Å². The van der Waals surface area contributed by atoms with E-state index in [4.69, 9.17) is 46.4 Å². The van der Waals surface area contributed by atoms with E-state index in [0.29, 0.717) is 31.8 Å². The highest BCUT2D eigenvalue weighted by Gasteiger charge is 2.15. The van der Waals surface area contributed by atoms with Crippen molar-refractivity contribution in [3.8, 4) is 11.1 Å². The van der Waals surface area contributed by atoms with Crippen molar-refractivity contribution < 1.29 is 4.39 Å². The summed E-state index contributed by atoms with van der Waals surface area (Å²) in [6.45, 7) is 0. The fourth-order valence-electron chi connectivity index (χ4n) is 1.69. The summed E-state index contributed by atoms with van der Waals surface area (Å²) < 4.78 is 13.2. The lowest BCUT2D eigenvalue weighted by molar-refractivity contribution is 0.626. The van der Waals surface area contributed by atoms with Crippen molar-refractivity contribution in [2.24, 2.45) is 0 Å². The standard InChI is InChI=1S/C13H7Cl4F/c14-6-7-5-8(18)1-2-9(7)12-10(15)3-4-11(16)13(12)17/h1-5H,6H2. The molecular weight excluding hydrogens is 317 g/mol. The highest BCUT2D eigenvalue weighted by Crippen LogP contribution is 2.40. The van der Waals surface area contributed by atoms with Gasteiger partial charge in [0.25, 0.3) is 0 Å². The molecule has 0 bridgehead atoms. The molecule has 0 nitrogen and oxygen atoms in total. The van der Waals surface area contributed by atoms with Crippen LogP contribution in [0.15, 0.2) is 30.3 Å². The van der Waals surface area contributed by atoms with Crippen molar-refractivity contribution in [1.29, 1.82) is 0 Å². The molecule has 0 heterocycles. The molecule has 2 aromatic rings. The van der Waals surface area contributed by atoms with Gasteiger partial charge in [-0.05, 0) is 35.4 Å². The maximum absolute atomic E-state index is 13.2. The molecule has 0 aliphatic rings. The van der Waals surface area contributed by atoms with Gasteiger partial charge >= 0.3 is 0 Å². The largest absolute Gasteiger partial charge is 0.207 e. The first kappa shape index (κ1) is 14.0. The van der Waals surface area contributed by atoms with Crippen LogP contribution < -0.4 is 0 Å². The Balaban J connectivity index is 2.73. The molecule has 0 aliphatic carbocycles. The second kappa shape index (κ2) is 5.66. The highest BCUT2D eigenvalue weighted by molar-refractivity contribution is 6.46. The molecule has 0 aliphatic heterocycles. The van der Waals surface area contributed by atoms with E-state index in [-0.39, 0.29) is 11.7 Å². The van der Waals surface area contributed by atoms with Gasteiger partial charge in [-0.3, -0.25) is 0 Å². The Bertz CT molecular complexity index is 596. The monoisotopic (exact) mass is 322 g/mol. The van der Waals surface area contributed by atoms with Crippen LogP contribution in [-0.2, 0) is 5.88 Å². The molecule has 0 radical (unpaired) electrons. The highest BCUT2D eigenvalue weighted by atomic mass is 35.5. The van der Waals surface area contributed by atoms with Crippen LogP contribution in [0, 0.1) is 5.82 Å². The third-order valence-electron chi connectivity index (χ3n) is 2.52. The smallest absolute Gasteiger partial charge is 0.123 e. The summed E-state index contributed by atoms with van der Waals surface area (Å²) in [6.07, 6.45) is 0. The average molecular weight is 324 g/mol. The molecule has 0 unspecified atom stereocenters. The fourth-order valence-corrected chi connectivity index (χ4v) is 2.64. The number of hydrogen-bond donors (Lipinski definition) is 0. The maximum atomic E-state index is 13.2. The zero-order valence-corrected chi connectivity index (χ0v) is 12.0. The summed E-state index contributed by atoms with van der Waals surface area (Å²) in [5.41, 5.74) is 1.87. The van der Waals surface area contributed by atoms with Crippen molar-refractivity contribution in [3.05, 3.63) is 56.8 Å². The van der Waals surface area contributed by atoms with Gasteiger partial charge in [0.2, 0.25) is 0 Å². The summed E-state index contributed by atoms with van der Waals surface area (Å²) in [4.78, 5) is 0. The van der Waals surface area contributed by atoms with Crippen molar-refractivity contribution >= 4 is 46.4 Å². The van der Waals surface area contributed by atoms with Crippen LogP contribution in [0.2, 0.25) is 15.1 Å².